The largest absolute Gasteiger partial charge is 0.492 e. The zero-order valence-corrected chi connectivity index (χ0v) is 18.5. The van der Waals surface area contributed by atoms with Crippen LogP contribution in [-0.4, -0.2) is 87.9 Å². The summed E-state index contributed by atoms with van der Waals surface area (Å²) in [5.74, 6) is 1.78. The Morgan fingerprint density at radius 2 is 1.83 bits per heavy atom. The van der Waals surface area contributed by atoms with Crippen molar-refractivity contribution in [3.8, 4) is 5.75 Å². The number of nitrogens with zero attached hydrogens (tertiary/aromatic N) is 3. The van der Waals surface area contributed by atoms with Gasteiger partial charge >= 0.3 is 0 Å². The van der Waals surface area contributed by atoms with Crippen molar-refractivity contribution in [3.05, 3.63) is 29.8 Å². The van der Waals surface area contributed by atoms with Crippen LogP contribution in [0.4, 0.5) is 0 Å². The molecule has 1 saturated heterocycles. The van der Waals surface area contributed by atoms with Crippen molar-refractivity contribution < 1.29 is 9.47 Å². The average Bonchev–Trinajstić information content (AvgIpc) is 2.76. The monoisotopic (exact) mass is 405 g/mol. The first-order valence-corrected chi connectivity index (χ1v) is 11.0. The minimum Gasteiger partial charge on any atom is -0.492 e. The van der Waals surface area contributed by atoms with Gasteiger partial charge in [-0.25, -0.2) is 4.99 Å². The number of likely N-dealkylation sites (N-methyl/N-ethyl adjacent to an activating group) is 1. The third-order valence-electron chi connectivity index (χ3n) is 5.08. The van der Waals surface area contributed by atoms with Crippen LogP contribution in [0.3, 0.4) is 0 Å². The predicted octanol–water partition coefficient (Wildman–Crippen LogP) is 1.79. The first kappa shape index (κ1) is 23.4. The highest BCUT2D eigenvalue weighted by Gasteiger charge is 2.09. The summed E-state index contributed by atoms with van der Waals surface area (Å²) in [6, 6.07) is 8.25. The first-order valence-electron chi connectivity index (χ1n) is 11.0. The normalized spacial score (nSPS) is 15.5. The van der Waals surface area contributed by atoms with Gasteiger partial charge in [0.1, 0.15) is 12.4 Å². The Balaban J connectivity index is 1.74. The van der Waals surface area contributed by atoms with Crippen molar-refractivity contribution in [2.24, 2.45) is 4.99 Å². The Kier molecular flexibility index (Phi) is 11.5. The topological polar surface area (TPSA) is 61.4 Å². The summed E-state index contributed by atoms with van der Waals surface area (Å²) in [6.45, 7) is 17.3. The van der Waals surface area contributed by atoms with Gasteiger partial charge in [0.05, 0.1) is 19.8 Å². The van der Waals surface area contributed by atoms with Crippen molar-refractivity contribution in [2.75, 3.05) is 72.2 Å². The molecule has 1 heterocycles. The lowest BCUT2D eigenvalue weighted by atomic mass is 10.2. The molecule has 0 aromatic heterocycles. The number of guanidine groups is 1. The number of nitrogens with one attached hydrogen (secondary N) is 2. The average molecular weight is 406 g/mol. The molecule has 0 bridgehead atoms. The molecule has 2 N–H and O–H groups in total. The maximum absolute atomic E-state index is 5.85. The molecule has 0 spiro atoms. The summed E-state index contributed by atoms with van der Waals surface area (Å²) in [5, 5.41) is 6.74. The molecule has 1 aromatic carbocycles. The van der Waals surface area contributed by atoms with E-state index in [1.165, 1.54) is 5.56 Å². The Bertz CT molecular complexity index is 569. The van der Waals surface area contributed by atoms with Crippen molar-refractivity contribution in [1.29, 1.82) is 0 Å². The second kappa shape index (κ2) is 14.2. The second-order valence-electron chi connectivity index (χ2n) is 7.10. The van der Waals surface area contributed by atoms with Crippen LogP contribution < -0.4 is 15.4 Å². The molecule has 0 radical (unpaired) electrons. The van der Waals surface area contributed by atoms with E-state index in [9.17, 15) is 0 Å². The Labute approximate surface area is 176 Å². The van der Waals surface area contributed by atoms with Crippen LogP contribution in [0.1, 0.15) is 26.3 Å². The number of benzene rings is 1. The maximum atomic E-state index is 5.85. The SMILES string of the molecule is CCNC(=NCc1ccc(OCCN(CC)CC)cc1)NCCN1CCOCC1. The fourth-order valence-electron chi connectivity index (χ4n) is 3.19. The summed E-state index contributed by atoms with van der Waals surface area (Å²) in [6.07, 6.45) is 0. The summed E-state index contributed by atoms with van der Waals surface area (Å²) >= 11 is 0. The van der Waals surface area contributed by atoms with Gasteiger partial charge in [0.25, 0.3) is 0 Å². The van der Waals surface area contributed by atoms with Gasteiger partial charge in [-0.2, -0.15) is 0 Å². The summed E-state index contributed by atoms with van der Waals surface area (Å²) in [7, 11) is 0. The van der Waals surface area contributed by atoms with E-state index in [4.69, 9.17) is 14.5 Å². The molecule has 0 saturated carbocycles. The van der Waals surface area contributed by atoms with Gasteiger partial charge in [-0.15, -0.1) is 0 Å². The Hall–Kier alpha value is -1.83. The predicted molar refractivity (Wildman–Crippen MR) is 120 cm³/mol. The van der Waals surface area contributed by atoms with E-state index in [2.05, 4.69) is 53.3 Å². The highest BCUT2D eigenvalue weighted by Crippen LogP contribution is 2.13. The minimum absolute atomic E-state index is 0.645. The van der Waals surface area contributed by atoms with Gasteiger partial charge in [-0.05, 0) is 37.7 Å². The van der Waals surface area contributed by atoms with Gasteiger partial charge in [-0.1, -0.05) is 26.0 Å². The van der Waals surface area contributed by atoms with E-state index in [1.54, 1.807) is 0 Å². The van der Waals surface area contributed by atoms with Crippen molar-refractivity contribution >= 4 is 5.96 Å². The minimum atomic E-state index is 0.645. The lowest BCUT2D eigenvalue weighted by Crippen LogP contribution is -2.44. The van der Waals surface area contributed by atoms with Gasteiger partial charge in [0.15, 0.2) is 5.96 Å². The maximum Gasteiger partial charge on any atom is 0.191 e. The standard InChI is InChI=1S/C22H39N5O2/c1-4-23-22(24-11-12-27-13-16-28-17-14-27)25-19-20-7-9-21(10-8-20)29-18-15-26(5-2)6-3/h7-10H,4-6,11-19H2,1-3H3,(H2,23,24,25). The summed E-state index contributed by atoms with van der Waals surface area (Å²) in [4.78, 5) is 9.48. The van der Waals surface area contributed by atoms with Crippen molar-refractivity contribution in [3.63, 3.8) is 0 Å². The molecule has 7 heteroatoms. The van der Waals surface area contributed by atoms with E-state index < -0.39 is 0 Å². The highest BCUT2D eigenvalue weighted by molar-refractivity contribution is 5.79. The quantitative estimate of drug-likeness (QED) is 0.408. The van der Waals surface area contributed by atoms with Gasteiger partial charge in [0.2, 0.25) is 0 Å². The van der Waals surface area contributed by atoms with Gasteiger partial charge in [0, 0.05) is 39.3 Å². The van der Waals surface area contributed by atoms with Crippen molar-refractivity contribution in [1.82, 2.24) is 20.4 Å². The van der Waals surface area contributed by atoms with E-state index >= 15 is 0 Å². The third kappa shape index (κ3) is 9.47. The number of aliphatic imine (C=N–C) groups is 1. The van der Waals surface area contributed by atoms with Crippen LogP contribution in [0.25, 0.3) is 0 Å². The van der Waals surface area contributed by atoms with Crippen molar-refractivity contribution in [2.45, 2.75) is 27.3 Å². The number of ether oxygens (including phenoxy) is 2. The zero-order valence-electron chi connectivity index (χ0n) is 18.5. The molecule has 1 aliphatic heterocycles. The van der Waals surface area contributed by atoms with Crippen LogP contribution in [-0.2, 0) is 11.3 Å². The molecular formula is C22H39N5O2. The third-order valence-corrected chi connectivity index (χ3v) is 5.08. The van der Waals surface area contributed by atoms with Crippen LogP contribution >= 0.6 is 0 Å². The molecule has 164 valence electrons. The fraction of sp³-hybridized carbons (Fsp3) is 0.682. The number of hydrogen-bond acceptors (Lipinski definition) is 5. The van der Waals surface area contributed by atoms with Gasteiger partial charge in [-0.3, -0.25) is 4.90 Å². The van der Waals surface area contributed by atoms with Gasteiger partial charge < -0.3 is 25.0 Å². The lowest BCUT2D eigenvalue weighted by molar-refractivity contribution is 0.0389. The molecule has 1 aliphatic rings. The molecule has 1 fully saturated rings. The molecule has 29 heavy (non-hydrogen) atoms. The molecule has 0 atom stereocenters. The van der Waals surface area contributed by atoms with Crippen LogP contribution in [0.5, 0.6) is 5.75 Å². The Morgan fingerprint density at radius 1 is 1.10 bits per heavy atom. The molecular weight excluding hydrogens is 366 g/mol. The zero-order chi connectivity index (χ0) is 20.7. The molecule has 1 aromatic rings. The highest BCUT2D eigenvalue weighted by atomic mass is 16.5. The van der Waals surface area contributed by atoms with Crippen LogP contribution in [0.2, 0.25) is 0 Å². The van der Waals surface area contributed by atoms with E-state index in [0.29, 0.717) is 6.54 Å². The van der Waals surface area contributed by atoms with E-state index in [-0.39, 0.29) is 0 Å². The molecule has 0 amide bonds. The fourth-order valence-corrected chi connectivity index (χ4v) is 3.19. The smallest absolute Gasteiger partial charge is 0.191 e. The number of hydrogen-bond donors (Lipinski definition) is 2. The summed E-state index contributed by atoms with van der Waals surface area (Å²) < 4.78 is 11.2. The number of rotatable bonds is 12. The second-order valence-corrected chi connectivity index (χ2v) is 7.10. The van der Waals surface area contributed by atoms with E-state index in [0.717, 1.165) is 83.9 Å². The van der Waals surface area contributed by atoms with E-state index in [1.807, 2.05) is 12.1 Å². The lowest BCUT2D eigenvalue weighted by Gasteiger charge is -2.26. The van der Waals surface area contributed by atoms with Crippen LogP contribution in [0.15, 0.2) is 29.3 Å². The molecule has 2 rings (SSSR count). The summed E-state index contributed by atoms with van der Waals surface area (Å²) in [5.41, 5.74) is 1.17. The molecule has 0 aliphatic carbocycles. The van der Waals surface area contributed by atoms with Crippen LogP contribution in [0, 0.1) is 0 Å². The molecule has 7 nitrogen and oxygen atoms in total. The first-order chi connectivity index (χ1) is 14.2. The molecule has 0 unspecified atom stereocenters. The Morgan fingerprint density at radius 3 is 2.48 bits per heavy atom. The number of morpholine rings is 1.